The summed E-state index contributed by atoms with van der Waals surface area (Å²) in [5, 5.41) is 3.27. The third-order valence-corrected chi connectivity index (χ3v) is 3.77. The second kappa shape index (κ2) is 5.81. The number of nitrogens with one attached hydrogen (secondary N) is 1. The zero-order valence-electron chi connectivity index (χ0n) is 12.3. The first-order valence-corrected chi connectivity index (χ1v) is 7.24. The molecule has 0 aromatic heterocycles. The number of likely N-dealkylation sites (tertiary alicyclic amines) is 1. The minimum Gasteiger partial charge on any atom is -0.480 e. The summed E-state index contributed by atoms with van der Waals surface area (Å²) >= 11 is 0. The smallest absolute Gasteiger partial charge is 0.263 e. The predicted octanol–water partition coefficient (Wildman–Crippen LogP) is 1.13. The van der Waals surface area contributed by atoms with Gasteiger partial charge in [0.1, 0.15) is 5.75 Å². The van der Waals surface area contributed by atoms with Gasteiger partial charge in [0.05, 0.1) is 0 Å². The number of rotatable bonds is 5. The topological polar surface area (TPSA) is 60.0 Å². The summed E-state index contributed by atoms with van der Waals surface area (Å²) in [5.41, 5.74) is 0.975. The Hall–Kier alpha value is -1.95. The maximum Gasteiger partial charge on any atom is 0.263 e. The van der Waals surface area contributed by atoms with Gasteiger partial charge in [0.2, 0.25) is 6.79 Å². The number of fused-ring (bicyclic) bond motifs is 1. The Labute approximate surface area is 124 Å². The molecule has 21 heavy (non-hydrogen) atoms. The summed E-state index contributed by atoms with van der Waals surface area (Å²) in [6, 6.07) is 3.74. The van der Waals surface area contributed by atoms with Crippen LogP contribution in [0.25, 0.3) is 0 Å². The third kappa shape index (κ3) is 2.76. The number of amides is 1. The Balaban J connectivity index is 1.83. The van der Waals surface area contributed by atoms with Gasteiger partial charge < -0.3 is 24.4 Å². The number of carbonyl (C=O) groups excluding carboxylic acids is 1. The summed E-state index contributed by atoms with van der Waals surface area (Å²) in [5.74, 6) is 2.12. The van der Waals surface area contributed by atoms with Crippen LogP contribution in [-0.2, 0) is 11.3 Å². The molecule has 0 radical (unpaired) electrons. The zero-order chi connectivity index (χ0) is 14.8. The van der Waals surface area contributed by atoms with Gasteiger partial charge in [-0.3, -0.25) is 4.79 Å². The van der Waals surface area contributed by atoms with E-state index in [0.29, 0.717) is 24.5 Å². The molecule has 1 aromatic carbocycles. The van der Waals surface area contributed by atoms with Gasteiger partial charge in [-0.1, -0.05) is 6.92 Å². The van der Waals surface area contributed by atoms with Crippen molar-refractivity contribution in [3.8, 4) is 17.2 Å². The van der Waals surface area contributed by atoms with E-state index in [2.05, 4.69) is 5.32 Å². The van der Waals surface area contributed by atoms with E-state index in [1.165, 1.54) is 0 Å². The molecule has 3 rings (SSSR count). The fourth-order valence-corrected chi connectivity index (χ4v) is 2.53. The minimum atomic E-state index is -0.407. The first-order valence-electron chi connectivity index (χ1n) is 7.24. The molecule has 0 bridgehead atoms. The molecule has 1 aromatic rings. The molecule has 1 N–H and O–H groups in total. The van der Waals surface area contributed by atoms with E-state index >= 15 is 0 Å². The fourth-order valence-electron chi connectivity index (χ4n) is 2.53. The van der Waals surface area contributed by atoms with Crippen LogP contribution in [0.2, 0.25) is 0 Å². The van der Waals surface area contributed by atoms with Crippen LogP contribution in [0.1, 0.15) is 18.9 Å². The highest BCUT2D eigenvalue weighted by Gasteiger charge is 2.32. The molecular formula is C15H20N2O4. The van der Waals surface area contributed by atoms with E-state index in [4.69, 9.17) is 14.2 Å². The van der Waals surface area contributed by atoms with E-state index in [9.17, 15) is 4.79 Å². The van der Waals surface area contributed by atoms with Gasteiger partial charge in [-0.2, -0.15) is 0 Å². The molecule has 1 fully saturated rings. The van der Waals surface area contributed by atoms with Gasteiger partial charge >= 0.3 is 0 Å². The average Bonchev–Trinajstić information content (AvgIpc) is 3.06. The number of nitrogens with zero attached hydrogens (tertiary/aromatic N) is 1. The lowest BCUT2D eigenvalue weighted by atomic mass is 10.1. The summed E-state index contributed by atoms with van der Waals surface area (Å²) in [4.78, 5) is 13.7. The Morgan fingerprint density at radius 2 is 2.14 bits per heavy atom. The molecule has 1 atom stereocenters. The molecule has 1 unspecified atom stereocenters. The number of hydrogen-bond acceptors (Lipinski definition) is 5. The highest BCUT2D eigenvalue weighted by atomic mass is 16.7. The van der Waals surface area contributed by atoms with Crippen molar-refractivity contribution in [3.05, 3.63) is 17.7 Å². The molecule has 2 heterocycles. The van der Waals surface area contributed by atoms with Crippen LogP contribution in [0.5, 0.6) is 17.2 Å². The van der Waals surface area contributed by atoms with Gasteiger partial charge in [0, 0.05) is 38.2 Å². The summed E-state index contributed by atoms with van der Waals surface area (Å²) in [6.07, 6.45) is 0.306. The second-order valence-electron chi connectivity index (χ2n) is 5.25. The quantitative estimate of drug-likeness (QED) is 0.881. The number of carbonyl (C=O) groups is 1. The van der Waals surface area contributed by atoms with Crippen LogP contribution >= 0.6 is 0 Å². The van der Waals surface area contributed by atoms with Gasteiger partial charge in [-0.05, 0) is 12.6 Å². The third-order valence-electron chi connectivity index (χ3n) is 3.77. The maximum atomic E-state index is 12.0. The fraction of sp³-hybridized carbons (Fsp3) is 0.533. The van der Waals surface area contributed by atoms with Crippen molar-refractivity contribution >= 4 is 5.91 Å². The average molecular weight is 292 g/mol. The lowest BCUT2D eigenvalue weighted by Crippen LogP contribution is -2.29. The van der Waals surface area contributed by atoms with Crippen molar-refractivity contribution < 1.29 is 19.0 Å². The van der Waals surface area contributed by atoms with Crippen LogP contribution in [0.15, 0.2) is 12.1 Å². The highest BCUT2D eigenvalue weighted by molar-refractivity contribution is 5.83. The van der Waals surface area contributed by atoms with Crippen molar-refractivity contribution in [1.82, 2.24) is 10.2 Å². The Morgan fingerprint density at radius 3 is 2.81 bits per heavy atom. The standard InChI is InChI=1S/C15H20N2O4/c1-3-16-8-10-6-13-14(20-9-19-13)7-12(10)21-11-4-5-17(2)15(11)18/h6-7,11,16H,3-5,8-9H2,1-2H3. The summed E-state index contributed by atoms with van der Waals surface area (Å²) in [7, 11) is 1.80. The zero-order valence-corrected chi connectivity index (χ0v) is 12.3. The molecule has 6 nitrogen and oxygen atoms in total. The van der Waals surface area contributed by atoms with E-state index in [-0.39, 0.29) is 12.7 Å². The van der Waals surface area contributed by atoms with Crippen molar-refractivity contribution in [2.45, 2.75) is 26.0 Å². The van der Waals surface area contributed by atoms with Gasteiger partial charge in [-0.15, -0.1) is 0 Å². The Kier molecular flexibility index (Phi) is 3.88. The summed E-state index contributed by atoms with van der Waals surface area (Å²) in [6.45, 7) is 4.53. The second-order valence-corrected chi connectivity index (χ2v) is 5.25. The number of benzene rings is 1. The molecule has 1 saturated heterocycles. The lowest BCUT2D eigenvalue weighted by Gasteiger charge is -2.17. The number of ether oxygens (including phenoxy) is 3. The first-order chi connectivity index (χ1) is 10.2. The number of likely N-dealkylation sites (N-methyl/N-ethyl adjacent to an activating group) is 1. The van der Waals surface area contributed by atoms with Crippen molar-refractivity contribution in [2.24, 2.45) is 0 Å². The van der Waals surface area contributed by atoms with Crippen molar-refractivity contribution in [1.29, 1.82) is 0 Å². The molecular weight excluding hydrogens is 272 g/mol. The summed E-state index contributed by atoms with van der Waals surface area (Å²) < 4.78 is 16.7. The van der Waals surface area contributed by atoms with Crippen molar-refractivity contribution in [3.63, 3.8) is 0 Å². The molecule has 6 heteroatoms. The van der Waals surface area contributed by atoms with E-state index in [1.54, 1.807) is 11.9 Å². The monoisotopic (exact) mass is 292 g/mol. The minimum absolute atomic E-state index is 0.0297. The van der Waals surface area contributed by atoms with Crippen LogP contribution < -0.4 is 19.5 Å². The van der Waals surface area contributed by atoms with E-state index < -0.39 is 6.10 Å². The molecule has 0 aliphatic carbocycles. The van der Waals surface area contributed by atoms with Crippen LogP contribution in [0.3, 0.4) is 0 Å². The molecule has 2 aliphatic heterocycles. The lowest BCUT2D eigenvalue weighted by molar-refractivity contribution is -0.132. The predicted molar refractivity (Wildman–Crippen MR) is 76.6 cm³/mol. The van der Waals surface area contributed by atoms with E-state index in [0.717, 1.165) is 24.4 Å². The van der Waals surface area contributed by atoms with Gasteiger partial charge in [-0.25, -0.2) is 0 Å². The largest absolute Gasteiger partial charge is 0.480 e. The van der Waals surface area contributed by atoms with Crippen LogP contribution in [-0.4, -0.2) is 43.8 Å². The van der Waals surface area contributed by atoms with Crippen LogP contribution in [0, 0.1) is 0 Å². The van der Waals surface area contributed by atoms with Gasteiger partial charge in [0.25, 0.3) is 5.91 Å². The maximum absolute atomic E-state index is 12.0. The molecule has 0 spiro atoms. The van der Waals surface area contributed by atoms with Gasteiger partial charge in [0.15, 0.2) is 17.6 Å². The number of hydrogen-bond donors (Lipinski definition) is 1. The Bertz CT molecular complexity index is 547. The Morgan fingerprint density at radius 1 is 1.38 bits per heavy atom. The first kappa shape index (κ1) is 14.0. The highest BCUT2D eigenvalue weighted by Crippen LogP contribution is 2.39. The van der Waals surface area contributed by atoms with E-state index in [1.807, 2.05) is 19.1 Å². The van der Waals surface area contributed by atoms with Crippen LogP contribution in [0.4, 0.5) is 0 Å². The normalized spacial score (nSPS) is 20.2. The molecule has 2 aliphatic rings. The molecule has 0 saturated carbocycles. The molecule has 114 valence electrons. The van der Waals surface area contributed by atoms with Crippen molar-refractivity contribution in [2.75, 3.05) is 26.9 Å². The SMILES string of the molecule is CCNCc1cc2c(cc1OC1CCN(C)C1=O)OCO2. The molecule has 1 amide bonds.